The number of alkyl halides is 3. The van der Waals surface area contributed by atoms with E-state index in [0.717, 1.165) is 6.42 Å². The molecule has 0 spiro atoms. The number of hydrogen-bond acceptors (Lipinski definition) is 2. The molecule has 0 saturated carbocycles. The lowest BCUT2D eigenvalue weighted by Crippen LogP contribution is -2.34. The van der Waals surface area contributed by atoms with Gasteiger partial charge in [-0.1, -0.05) is 12.2 Å². The summed E-state index contributed by atoms with van der Waals surface area (Å²) in [6.45, 7) is 2.12. The third kappa shape index (κ3) is 5.18. The standard InChI is InChI=1S/C10H17F3N2/c1-7(5-10(11,12)13)15-6-8-2-3-9(14)4-8/h2-3,7-9,15H,4-6,14H2,1H3. The van der Waals surface area contributed by atoms with Crippen molar-refractivity contribution in [3.8, 4) is 0 Å². The fourth-order valence-corrected chi connectivity index (χ4v) is 1.73. The normalized spacial score (nSPS) is 28.3. The van der Waals surface area contributed by atoms with Crippen LogP contribution in [-0.4, -0.2) is 24.8 Å². The average molecular weight is 222 g/mol. The van der Waals surface area contributed by atoms with Crippen LogP contribution in [0.15, 0.2) is 12.2 Å². The van der Waals surface area contributed by atoms with Gasteiger partial charge in [-0.2, -0.15) is 13.2 Å². The van der Waals surface area contributed by atoms with Gasteiger partial charge in [-0.25, -0.2) is 0 Å². The van der Waals surface area contributed by atoms with Gasteiger partial charge in [-0.3, -0.25) is 0 Å². The van der Waals surface area contributed by atoms with E-state index in [1.54, 1.807) is 6.92 Å². The lowest BCUT2D eigenvalue weighted by molar-refractivity contribution is -0.139. The topological polar surface area (TPSA) is 38.0 Å². The molecule has 1 rings (SSSR count). The minimum absolute atomic E-state index is 0.0646. The number of nitrogens with two attached hydrogens (primary N) is 1. The molecule has 15 heavy (non-hydrogen) atoms. The smallest absolute Gasteiger partial charge is 0.324 e. The minimum atomic E-state index is -4.09. The van der Waals surface area contributed by atoms with Crippen molar-refractivity contribution in [1.29, 1.82) is 0 Å². The van der Waals surface area contributed by atoms with Gasteiger partial charge >= 0.3 is 6.18 Å². The van der Waals surface area contributed by atoms with Crippen molar-refractivity contribution >= 4 is 0 Å². The number of hydrogen-bond donors (Lipinski definition) is 2. The Labute approximate surface area is 87.7 Å². The molecular weight excluding hydrogens is 205 g/mol. The van der Waals surface area contributed by atoms with Crippen molar-refractivity contribution in [2.24, 2.45) is 11.7 Å². The molecule has 0 radical (unpaired) electrons. The van der Waals surface area contributed by atoms with Crippen LogP contribution in [0.25, 0.3) is 0 Å². The van der Waals surface area contributed by atoms with Gasteiger partial charge in [-0.15, -0.1) is 0 Å². The first-order valence-electron chi connectivity index (χ1n) is 5.11. The molecule has 0 heterocycles. The predicted octanol–water partition coefficient (Wildman–Crippen LogP) is 1.82. The molecule has 0 aromatic carbocycles. The summed E-state index contributed by atoms with van der Waals surface area (Å²) in [5, 5.41) is 2.87. The first-order chi connectivity index (χ1) is 6.87. The van der Waals surface area contributed by atoms with Crippen molar-refractivity contribution in [3.05, 3.63) is 12.2 Å². The lowest BCUT2D eigenvalue weighted by Gasteiger charge is -2.18. The Bertz CT molecular complexity index is 225. The minimum Gasteiger partial charge on any atom is -0.324 e. The highest BCUT2D eigenvalue weighted by atomic mass is 19.4. The molecule has 2 nitrogen and oxygen atoms in total. The van der Waals surface area contributed by atoms with Crippen LogP contribution in [0, 0.1) is 5.92 Å². The number of rotatable bonds is 4. The summed E-state index contributed by atoms with van der Waals surface area (Å²) in [5.41, 5.74) is 5.64. The Morgan fingerprint density at radius 1 is 1.47 bits per heavy atom. The van der Waals surface area contributed by atoms with E-state index >= 15 is 0 Å². The van der Waals surface area contributed by atoms with Gasteiger partial charge in [0.25, 0.3) is 0 Å². The maximum Gasteiger partial charge on any atom is 0.390 e. The highest BCUT2D eigenvalue weighted by Crippen LogP contribution is 2.22. The second-order valence-corrected chi connectivity index (χ2v) is 4.17. The van der Waals surface area contributed by atoms with Crippen LogP contribution >= 0.6 is 0 Å². The molecule has 1 aliphatic carbocycles. The zero-order valence-corrected chi connectivity index (χ0v) is 8.72. The van der Waals surface area contributed by atoms with Crippen molar-refractivity contribution in [2.75, 3.05) is 6.54 Å². The highest BCUT2D eigenvalue weighted by molar-refractivity contribution is 5.05. The predicted molar refractivity (Wildman–Crippen MR) is 53.4 cm³/mol. The van der Waals surface area contributed by atoms with E-state index in [0.29, 0.717) is 6.54 Å². The van der Waals surface area contributed by atoms with Crippen LogP contribution < -0.4 is 11.1 Å². The third-order valence-electron chi connectivity index (χ3n) is 2.47. The quantitative estimate of drug-likeness (QED) is 0.712. The third-order valence-corrected chi connectivity index (χ3v) is 2.47. The Morgan fingerprint density at radius 2 is 2.13 bits per heavy atom. The summed E-state index contributed by atoms with van der Waals surface area (Å²) >= 11 is 0. The molecule has 3 atom stereocenters. The molecule has 1 aliphatic rings. The van der Waals surface area contributed by atoms with E-state index in [2.05, 4.69) is 5.32 Å². The van der Waals surface area contributed by atoms with E-state index < -0.39 is 18.6 Å². The average Bonchev–Trinajstić information content (AvgIpc) is 2.45. The van der Waals surface area contributed by atoms with Crippen LogP contribution in [0.4, 0.5) is 13.2 Å². The van der Waals surface area contributed by atoms with Gasteiger partial charge in [-0.05, 0) is 19.3 Å². The summed E-state index contributed by atoms with van der Waals surface area (Å²) in [6.07, 6.45) is -0.172. The van der Waals surface area contributed by atoms with Crippen molar-refractivity contribution < 1.29 is 13.2 Å². The number of nitrogens with one attached hydrogen (secondary N) is 1. The van der Waals surface area contributed by atoms with Gasteiger partial charge in [0.2, 0.25) is 0 Å². The van der Waals surface area contributed by atoms with E-state index in [-0.39, 0.29) is 12.0 Å². The molecule has 3 N–H and O–H groups in total. The molecule has 0 amide bonds. The van der Waals surface area contributed by atoms with Crippen molar-refractivity contribution in [1.82, 2.24) is 5.32 Å². The Kier molecular flexibility index (Phi) is 4.16. The van der Waals surface area contributed by atoms with Crippen molar-refractivity contribution in [3.63, 3.8) is 0 Å². The van der Waals surface area contributed by atoms with Crippen LogP contribution in [0.1, 0.15) is 19.8 Å². The van der Waals surface area contributed by atoms with Crippen molar-refractivity contribution in [2.45, 2.75) is 38.0 Å². The first kappa shape index (κ1) is 12.5. The molecule has 5 heteroatoms. The Balaban J connectivity index is 2.17. The molecule has 88 valence electrons. The van der Waals surface area contributed by atoms with Crippen LogP contribution in [-0.2, 0) is 0 Å². The van der Waals surface area contributed by atoms with E-state index in [4.69, 9.17) is 5.73 Å². The fourth-order valence-electron chi connectivity index (χ4n) is 1.73. The van der Waals surface area contributed by atoms with Gasteiger partial charge in [0.15, 0.2) is 0 Å². The Hall–Kier alpha value is -0.550. The molecule has 0 bridgehead atoms. The van der Waals surface area contributed by atoms with Gasteiger partial charge in [0.05, 0.1) is 6.42 Å². The zero-order valence-electron chi connectivity index (χ0n) is 8.72. The number of halogens is 3. The molecule has 3 unspecified atom stereocenters. The van der Waals surface area contributed by atoms with Gasteiger partial charge < -0.3 is 11.1 Å². The second-order valence-electron chi connectivity index (χ2n) is 4.17. The maximum atomic E-state index is 12.0. The largest absolute Gasteiger partial charge is 0.390 e. The summed E-state index contributed by atoms with van der Waals surface area (Å²) in [7, 11) is 0. The second kappa shape index (κ2) is 4.99. The summed E-state index contributed by atoms with van der Waals surface area (Å²) in [6, 6.07) is -0.468. The zero-order chi connectivity index (χ0) is 11.5. The monoisotopic (exact) mass is 222 g/mol. The fraction of sp³-hybridized carbons (Fsp3) is 0.800. The summed E-state index contributed by atoms with van der Waals surface area (Å²) < 4.78 is 36.0. The molecule has 0 aromatic heterocycles. The molecule has 0 aromatic rings. The Morgan fingerprint density at radius 3 is 2.60 bits per heavy atom. The first-order valence-corrected chi connectivity index (χ1v) is 5.11. The molecule has 0 fully saturated rings. The van der Waals surface area contributed by atoms with Gasteiger partial charge in [0.1, 0.15) is 0 Å². The summed E-state index contributed by atoms with van der Waals surface area (Å²) in [5.74, 6) is 0.274. The molecule has 0 aliphatic heterocycles. The summed E-state index contributed by atoms with van der Waals surface area (Å²) in [4.78, 5) is 0. The van der Waals surface area contributed by atoms with E-state index in [1.165, 1.54) is 0 Å². The highest BCUT2D eigenvalue weighted by Gasteiger charge is 2.30. The lowest BCUT2D eigenvalue weighted by atomic mass is 10.1. The SMILES string of the molecule is CC(CC(F)(F)F)NCC1C=CC(N)C1. The van der Waals surface area contributed by atoms with Gasteiger partial charge in [0, 0.05) is 18.6 Å². The van der Waals surface area contributed by atoms with E-state index in [9.17, 15) is 13.2 Å². The van der Waals surface area contributed by atoms with Crippen LogP contribution in [0.2, 0.25) is 0 Å². The maximum absolute atomic E-state index is 12.0. The molecular formula is C10H17F3N2. The van der Waals surface area contributed by atoms with Crippen LogP contribution in [0.5, 0.6) is 0 Å². The van der Waals surface area contributed by atoms with E-state index in [1.807, 2.05) is 12.2 Å². The van der Waals surface area contributed by atoms with Crippen LogP contribution in [0.3, 0.4) is 0 Å². The molecule has 0 saturated heterocycles.